The maximum Gasteiger partial charge on any atom is 0.0857 e. The molecule has 2 atom stereocenters. The topological polar surface area (TPSA) is 48.1 Å². The molecule has 14 heavy (non-hydrogen) atoms. The molecule has 0 spiro atoms. The number of nitrogens with two attached hydrogens (primary N) is 1. The Kier molecular flexibility index (Phi) is 2.79. The van der Waals surface area contributed by atoms with Crippen LogP contribution >= 0.6 is 0 Å². The normalized spacial score (nSPS) is 27.6. The van der Waals surface area contributed by atoms with Gasteiger partial charge < -0.3 is 10.5 Å². The van der Waals surface area contributed by atoms with Crippen LogP contribution in [0.15, 0.2) is 18.5 Å². The Bertz CT molecular complexity index is 314. The summed E-state index contributed by atoms with van der Waals surface area (Å²) in [6, 6.07) is 2.28. The van der Waals surface area contributed by atoms with E-state index in [2.05, 4.69) is 11.9 Å². The van der Waals surface area contributed by atoms with E-state index in [0.717, 1.165) is 19.4 Å². The molecule has 0 saturated carbocycles. The Morgan fingerprint density at radius 3 is 3.14 bits per heavy atom. The summed E-state index contributed by atoms with van der Waals surface area (Å²) in [5.74, 6) is 0. The minimum Gasteiger partial charge on any atom is -0.373 e. The molecule has 2 heterocycles. The second kappa shape index (κ2) is 4.07. The molecule has 0 aromatic carbocycles. The second-order valence-corrected chi connectivity index (χ2v) is 3.88. The van der Waals surface area contributed by atoms with E-state index in [1.807, 2.05) is 18.5 Å². The molecule has 2 rings (SSSR count). The lowest BCUT2D eigenvalue weighted by Crippen LogP contribution is -2.30. The van der Waals surface area contributed by atoms with Crippen LogP contribution in [0, 0.1) is 6.92 Å². The minimum absolute atomic E-state index is 0.146. The van der Waals surface area contributed by atoms with Crippen LogP contribution in [-0.4, -0.2) is 17.6 Å². The van der Waals surface area contributed by atoms with E-state index in [-0.39, 0.29) is 12.1 Å². The number of nitrogens with zero attached hydrogens (tertiary/aromatic N) is 1. The molecule has 76 valence electrons. The Morgan fingerprint density at radius 2 is 2.43 bits per heavy atom. The second-order valence-electron chi connectivity index (χ2n) is 3.88. The molecule has 1 aromatic heterocycles. The van der Waals surface area contributed by atoms with Gasteiger partial charge >= 0.3 is 0 Å². The molecule has 3 nitrogen and oxygen atoms in total. The molecule has 1 aromatic rings. The minimum atomic E-state index is 0.146. The monoisotopic (exact) mass is 192 g/mol. The third-order valence-electron chi connectivity index (χ3n) is 2.75. The van der Waals surface area contributed by atoms with Crippen molar-refractivity contribution in [1.82, 2.24) is 4.98 Å². The molecule has 1 aliphatic heterocycles. The summed E-state index contributed by atoms with van der Waals surface area (Å²) in [6.07, 6.45) is 5.72. The summed E-state index contributed by atoms with van der Waals surface area (Å²) >= 11 is 0. The fraction of sp³-hybridized carbons (Fsp3) is 0.545. The first kappa shape index (κ1) is 9.62. The summed E-state index contributed by atoms with van der Waals surface area (Å²) in [5, 5.41) is 0. The van der Waals surface area contributed by atoms with Gasteiger partial charge in [0.25, 0.3) is 0 Å². The first-order chi connectivity index (χ1) is 6.77. The van der Waals surface area contributed by atoms with Crippen LogP contribution in [0.2, 0.25) is 0 Å². The first-order valence-electron chi connectivity index (χ1n) is 5.05. The summed E-state index contributed by atoms with van der Waals surface area (Å²) in [5.41, 5.74) is 8.33. The average Bonchev–Trinajstić information content (AvgIpc) is 2.18. The Labute approximate surface area is 84.3 Å². The maximum absolute atomic E-state index is 5.91. The van der Waals surface area contributed by atoms with E-state index in [0.29, 0.717) is 0 Å². The summed E-state index contributed by atoms with van der Waals surface area (Å²) in [4.78, 5) is 4.12. The lowest BCUT2D eigenvalue weighted by atomic mass is 9.97. The highest BCUT2D eigenvalue weighted by atomic mass is 16.5. The van der Waals surface area contributed by atoms with E-state index in [1.54, 1.807) is 0 Å². The zero-order valence-electron chi connectivity index (χ0n) is 8.44. The van der Waals surface area contributed by atoms with E-state index in [4.69, 9.17) is 10.5 Å². The third kappa shape index (κ3) is 1.94. The Hall–Kier alpha value is -0.930. The molecule has 1 saturated heterocycles. The van der Waals surface area contributed by atoms with Crippen LogP contribution in [0.1, 0.15) is 30.1 Å². The first-order valence-corrected chi connectivity index (χ1v) is 5.05. The largest absolute Gasteiger partial charge is 0.373 e. The molecular weight excluding hydrogens is 176 g/mol. The van der Waals surface area contributed by atoms with Gasteiger partial charge in [-0.1, -0.05) is 0 Å². The van der Waals surface area contributed by atoms with Crippen LogP contribution < -0.4 is 5.73 Å². The number of rotatable bonds is 1. The number of hydrogen-bond donors (Lipinski definition) is 1. The Balaban J connectivity index is 2.18. The van der Waals surface area contributed by atoms with Crippen molar-refractivity contribution in [3.63, 3.8) is 0 Å². The van der Waals surface area contributed by atoms with E-state index in [9.17, 15) is 0 Å². The molecular formula is C11H16N2O. The molecule has 3 heteroatoms. The number of hydrogen-bond acceptors (Lipinski definition) is 3. The SMILES string of the molecule is Cc1ccncc1C1CC(N)CCO1. The zero-order valence-corrected chi connectivity index (χ0v) is 8.44. The van der Waals surface area contributed by atoms with Crippen LogP contribution in [0.3, 0.4) is 0 Å². The van der Waals surface area contributed by atoms with Crippen molar-refractivity contribution in [2.75, 3.05) is 6.61 Å². The molecule has 0 aliphatic carbocycles. The standard InChI is InChI=1S/C11H16N2O/c1-8-2-4-13-7-10(8)11-6-9(12)3-5-14-11/h2,4,7,9,11H,3,5-6,12H2,1H3. The fourth-order valence-corrected chi connectivity index (χ4v) is 1.85. The van der Waals surface area contributed by atoms with Gasteiger partial charge in [-0.05, 0) is 31.4 Å². The van der Waals surface area contributed by atoms with Crippen molar-refractivity contribution in [3.05, 3.63) is 29.6 Å². The highest BCUT2D eigenvalue weighted by Gasteiger charge is 2.22. The maximum atomic E-state index is 5.91. The highest BCUT2D eigenvalue weighted by Crippen LogP contribution is 2.28. The van der Waals surface area contributed by atoms with E-state index < -0.39 is 0 Å². The molecule has 2 N–H and O–H groups in total. The Morgan fingerprint density at radius 1 is 1.57 bits per heavy atom. The number of aromatic nitrogens is 1. The smallest absolute Gasteiger partial charge is 0.0857 e. The van der Waals surface area contributed by atoms with Crippen molar-refractivity contribution < 1.29 is 4.74 Å². The molecule has 2 unspecified atom stereocenters. The molecule has 1 aliphatic rings. The molecule has 0 bridgehead atoms. The number of pyridine rings is 1. The van der Waals surface area contributed by atoms with Gasteiger partial charge in [0.15, 0.2) is 0 Å². The van der Waals surface area contributed by atoms with Crippen LogP contribution in [0.25, 0.3) is 0 Å². The number of ether oxygens (including phenoxy) is 1. The van der Waals surface area contributed by atoms with E-state index >= 15 is 0 Å². The summed E-state index contributed by atoms with van der Waals surface area (Å²) in [7, 11) is 0. The van der Waals surface area contributed by atoms with Crippen molar-refractivity contribution in [2.24, 2.45) is 5.73 Å². The van der Waals surface area contributed by atoms with Gasteiger partial charge in [-0.3, -0.25) is 4.98 Å². The zero-order chi connectivity index (χ0) is 9.97. The van der Waals surface area contributed by atoms with Gasteiger partial charge in [-0.2, -0.15) is 0 Å². The third-order valence-corrected chi connectivity index (χ3v) is 2.75. The number of aryl methyl sites for hydroxylation is 1. The van der Waals surface area contributed by atoms with Crippen molar-refractivity contribution >= 4 is 0 Å². The van der Waals surface area contributed by atoms with Crippen molar-refractivity contribution in [3.8, 4) is 0 Å². The van der Waals surface area contributed by atoms with Gasteiger partial charge in [0, 0.05) is 30.6 Å². The molecule has 0 radical (unpaired) electrons. The van der Waals surface area contributed by atoms with E-state index in [1.165, 1.54) is 11.1 Å². The van der Waals surface area contributed by atoms with Gasteiger partial charge in [-0.15, -0.1) is 0 Å². The van der Waals surface area contributed by atoms with Crippen LogP contribution in [0.5, 0.6) is 0 Å². The summed E-state index contributed by atoms with van der Waals surface area (Å²) < 4.78 is 5.70. The van der Waals surface area contributed by atoms with Gasteiger partial charge in [-0.25, -0.2) is 0 Å². The quantitative estimate of drug-likeness (QED) is 0.734. The predicted octanol–water partition coefficient (Wildman–Crippen LogP) is 1.57. The van der Waals surface area contributed by atoms with Gasteiger partial charge in [0.2, 0.25) is 0 Å². The lowest BCUT2D eigenvalue weighted by molar-refractivity contribution is 0.00613. The molecule has 1 fully saturated rings. The molecule has 0 amide bonds. The lowest BCUT2D eigenvalue weighted by Gasteiger charge is -2.28. The van der Waals surface area contributed by atoms with Gasteiger partial charge in [0.1, 0.15) is 0 Å². The summed E-state index contributed by atoms with van der Waals surface area (Å²) in [6.45, 7) is 2.85. The van der Waals surface area contributed by atoms with Crippen molar-refractivity contribution in [2.45, 2.75) is 31.9 Å². The predicted molar refractivity (Wildman–Crippen MR) is 54.9 cm³/mol. The van der Waals surface area contributed by atoms with Crippen LogP contribution in [0.4, 0.5) is 0 Å². The van der Waals surface area contributed by atoms with Crippen LogP contribution in [-0.2, 0) is 4.74 Å². The highest BCUT2D eigenvalue weighted by molar-refractivity contribution is 5.24. The fourth-order valence-electron chi connectivity index (χ4n) is 1.85. The average molecular weight is 192 g/mol. The van der Waals surface area contributed by atoms with Gasteiger partial charge in [0.05, 0.1) is 6.10 Å². The van der Waals surface area contributed by atoms with Crippen molar-refractivity contribution in [1.29, 1.82) is 0 Å².